The van der Waals surface area contributed by atoms with Gasteiger partial charge in [-0.15, -0.1) is 11.3 Å². The Kier molecular flexibility index (Phi) is 4.05. The van der Waals surface area contributed by atoms with Crippen LogP contribution in [0.15, 0.2) is 18.2 Å². The van der Waals surface area contributed by atoms with Crippen molar-refractivity contribution in [3.05, 3.63) is 39.8 Å². The van der Waals surface area contributed by atoms with Crippen LogP contribution in [0.4, 0.5) is 5.00 Å². The van der Waals surface area contributed by atoms with Crippen LogP contribution < -0.4 is 20.1 Å². The van der Waals surface area contributed by atoms with E-state index in [1.807, 2.05) is 18.2 Å². The van der Waals surface area contributed by atoms with E-state index >= 15 is 0 Å². The lowest BCUT2D eigenvalue weighted by Gasteiger charge is -2.28. The number of benzene rings is 1. The molecule has 4 rings (SSSR count). The van der Waals surface area contributed by atoms with E-state index < -0.39 is 0 Å². The molecule has 1 atom stereocenters. The lowest BCUT2D eigenvalue weighted by atomic mass is 10.0. The van der Waals surface area contributed by atoms with Gasteiger partial charge >= 0.3 is 0 Å². The Morgan fingerprint density at radius 1 is 1.24 bits per heavy atom. The van der Waals surface area contributed by atoms with E-state index in [1.54, 1.807) is 25.6 Å². The van der Waals surface area contributed by atoms with Crippen molar-refractivity contribution < 1.29 is 14.3 Å². The molecule has 1 aromatic carbocycles. The lowest BCUT2D eigenvalue weighted by Crippen LogP contribution is -2.38. The summed E-state index contributed by atoms with van der Waals surface area (Å²) in [4.78, 5) is 16.4. The molecule has 2 aliphatic heterocycles. The predicted octanol–water partition coefficient (Wildman–Crippen LogP) is 2.61. The third kappa shape index (κ3) is 2.63. The number of carbonyl (C=O) groups excluding carboxylic acids is 1. The van der Waals surface area contributed by atoms with Crippen molar-refractivity contribution in [1.29, 1.82) is 0 Å². The molecule has 0 radical (unpaired) electrons. The third-order valence-electron chi connectivity index (χ3n) is 4.77. The zero-order valence-electron chi connectivity index (χ0n) is 14.5. The molecule has 3 heterocycles. The number of methoxy groups -OCH3 is 2. The highest BCUT2D eigenvalue weighted by atomic mass is 32.1. The number of fused-ring (bicyclic) bond motifs is 3. The Hall–Kier alpha value is -2.25. The first-order valence-corrected chi connectivity index (χ1v) is 9.05. The van der Waals surface area contributed by atoms with E-state index in [9.17, 15) is 4.79 Å². The first-order chi connectivity index (χ1) is 12.1. The highest BCUT2D eigenvalue weighted by Gasteiger charge is 2.34. The molecule has 132 valence electrons. The van der Waals surface area contributed by atoms with Gasteiger partial charge in [0.05, 0.1) is 19.8 Å². The minimum atomic E-state index is -0.345. The van der Waals surface area contributed by atoms with Gasteiger partial charge in [-0.05, 0) is 25.1 Å². The first-order valence-electron chi connectivity index (χ1n) is 8.23. The van der Waals surface area contributed by atoms with Crippen LogP contribution in [0.3, 0.4) is 0 Å². The van der Waals surface area contributed by atoms with Crippen LogP contribution in [0.25, 0.3) is 0 Å². The van der Waals surface area contributed by atoms with Crippen molar-refractivity contribution in [3.8, 4) is 11.5 Å². The number of thiophene rings is 1. The van der Waals surface area contributed by atoms with Crippen LogP contribution in [0, 0.1) is 0 Å². The molecule has 2 aromatic rings. The molecule has 25 heavy (non-hydrogen) atoms. The molecule has 1 unspecified atom stereocenters. The van der Waals surface area contributed by atoms with Crippen LogP contribution in [0.5, 0.6) is 11.5 Å². The Morgan fingerprint density at radius 2 is 2.08 bits per heavy atom. The summed E-state index contributed by atoms with van der Waals surface area (Å²) in [5.41, 5.74) is 2.86. The Bertz CT molecular complexity index is 833. The molecule has 0 aliphatic carbocycles. The van der Waals surface area contributed by atoms with E-state index in [-0.39, 0.29) is 12.1 Å². The van der Waals surface area contributed by atoms with Crippen LogP contribution >= 0.6 is 11.3 Å². The maximum atomic E-state index is 12.8. The number of para-hydroxylation sites is 1. The van der Waals surface area contributed by atoms with Crippen molar-refractivity contribution >= 4 is 22.2 Å². The predicted molar refractivity (Wildman–Crippen MR) is 97.7 cm³/mol. The van der Waals surface area contributed by atoms with E-state index in [4.69, 9.17) is 9.47 Å². The van der Waals surface area contributed by atoms with Crippen LogP contribution in [0.2, 0.25) is 0 Å². The molecule has 2 aliphatic rings. The van der Waals surface area contributed by atoms with E-state index in [2.05, 4.69) is 22.6 Å². The molecule has 7 heteroatoms. The van der Waals surface area contributed by atoms with Crippen molar-refractivity contribution in [2.45, 2.75) is 19.1 Å². The molecule has 1 amide bonds. The number of nitrogens with zero attached hydrogens (tertiary/aromatic N) is 1. The maximum absolute atomic E-state index is 12.8. The van der Waals surface area contributed by atoms with Gasteiger partial charge in [0.15, 0.2) is 11.5 Å². The number of anilines is 1. The Labute approximate surface area is 150 Å². The van der Waals surface area contributed by atoms with Crippen molar-refractivity contribution in [2.75, 3.05) is 33.1 Å². The molecule has 6 nitrogen and oxygen atoms in total. The zero-order valence-corrected chi connectivity index (χ0v) is 15.3. The normalized spacial score (nSPS) is 19.5. The molecule has 0 saturated heterocycles. The molecule has 0 bridgehead atoms. The molecule has 2 N–H and O–H groups in total. The van der Waals surface area contributed by atoms with Crippen molar-refractivity contribution in [3.63, 3.8) is 0 Å². The van der Waals surface area contributed by atoms with E-state index in [0.29, 0.717) is 11.5 Å². The summed E-state index contributed by atoms with van der Waals surface area (Å²) in [5.74, 6) is 1.26. The van der Waals surface area contributed by atoms with Crippen LogP contribution in [0.1, 0.15) is 32.5 Å². The second kappa shape index (κ2) is 6.24. The standard InChI is InChI=1S/C18H21N3O3S/c1-21-8-7-10-13(9-21)25-18-14(10)17(22)19-16(20-18)11-5-4-6-12(23-2)15(11)24-3/h4-6,16,20H,7-9H2,1-3H3,(H,19,22). The van der Waals surface area contributed by atoms with Crippen LogP contribution in [-0.4, -0.2) is 38.6 Å². The average molecular weight is 359 g/mol. The molecule has 0 saturated carbocycles. The highest BCUT2D eigenvalue weighted by molar-refractivity contribution is 7.16. The lowest BCUT2D eigenvalue weighted by molar-refractivity contribution is 0.0934. The van der Waals surface area contributed by atoms with Crippen molar-refractivity contribution in [2.24, 2.45) is 0 Å². The fraction of sp³-hybridized carbons (Fsp3) is 0.389. The van der Waals surface area contributed by atoms with Gasteiger partial charge in [0.1, 0.15) is 11.2 Å². The number of hydrogen-bond acceptors (Lipinski definition) is 6. The number of nitrogens with one attached hydrogen (secondary N) is 2. The highest BCUT2D eigenvalue weighted by Crippen LogP contribution is 2.42. The largest absolute Gasteiger partial charge is 0.493 e. The van der Waals surface area contributed by atoms with Gasteiger partial charge in [0, 0.05) is 23.5 Å². The molecular formula is C18H21N3O3S. The average Bonchev–Trinajstić information content (AvgIpc) is 2.98. The summed E-state index contributed by atoms with van der Waals surface area (Å²) in [6, 6.07) is 5.68. The number of likely N-dealkylation sites (N-methyl/N-ethyl adjacent to an activating group) is 1. The summed E-state index contributed by atoms with van der Waals surface area (Å²) >= 11 is 1.68. The van der Waals surface area contributed by atoms with Gasteiger partial charge in [-0.25, -0.2) is 0 Å². The van der Waals surface area contributed by atoms with Crippen molar-refractivity contribution in [1.82, 2.24) is 10.2 Å². The fourth-order valence-electron chi connectivity index (χ4n) is 3.54. The third-order valence-corrected chi connectivity index (χ3v) is 5.92. The van der Waals surface area contributed by atoms with Gasteiger partial charge in [-0.1, -0.05) is 12.1 Å². The molecule has 0 spiro atoms. The van der Waals surface area contributed by atoms with Gasteiger partial charge in [0.25, 0.3) is 5.91 Å². The quantitative estimate of drug-likeness (QED) is 0.882. The summed E-state index contributed by atoms with van der Waals surface area (Å²) in [6.45, 7) is 1.88. The summed E-state index contributed by atoms with van der Waals surface area (Å²) < 4.78 is 10.9. The molecular weight excluding hydrogens is 338 g/mol. The topological polar surface area (TPSA) is 62.8 Å². The Morgan fingerprint density at radius 3 is 2.84 bits per heavy atom. The Balaban J connectivity index is 1.72. The summed E-state index contributed by atoms with van der Waals surface area (Å²) in [5, 5.41) is 7.49. The van der Waals surface area contributed by atoms with Gasteiger partial charge in [-0.3, -0.25) is 4.79 Å². The van der Waals surface area contributed by atoms with Gasteiger partial charge in [0.2, 0.25) is 0 Å². The number of hydrogen-bond donors (Lipinski definition) is 2. The minimum Gasteiger partial charge on any atom is -0.493 e. The second-order valence-corrected chi connectivity index (χ2v) is 7.43. The fourth-order valence-corrected chi connectivity index (χ4v) is 4.89. The molecule has 0 fully saturated rings. The number of carbonyl (C=O) groups is 1. The van der Waals surface area contributed by atoms with Gasteiger partial charge in [-0.2, -0.15) is 0 Å². The zero-order chi connectivity index (χ0) is 17.6. The minimum absolute atomic E-state index is 0.0225. The number of rotatable bonds is 3. The smallest absolute Gasteiger partial charge is 0.256 e. The SMILES string of the molecule is COc1cccc(C2NC(=O)c3c(sc4c3CCN(C)C4)N2)c1OC. The number of ether oxygens (including phenoxy) is 2. The molecule has 1 aromatic heterocycles. The van der Waals surface area contributed by atoms with E-state index in [0.717, 1.165) is 35.6 Å². The van der Waals surface area contributed by atoms with Gasteiger partial charge < -0.3 is 25.0 Å². The monoisotopic (exact) mass is 359 g/mol. The summed E-state index contributed by atoms with van der Waals surface area (Å²) in [6.07, 6.45) is 0.572. The second-order valence-electron chi connectivity index (χ2n) is 6.33. The first kappa shape index (κ1) is 16.2. The number of amides is 1. The van der Waals surface area contributed by atoms with Crippen LogP contribution in [-0.2, 0) is 13.0 Å². The maximum Gasteiger partial charge on any atom is 0.256 e. The summed E-state index contributed by atoms with van der Waals surface area (Å²) in [7, 11) is 5.33. The van der Waals surface area contributed by atoms with E-state index in [1.165, 1.54) is 10.4 Å².